The van der Waals surface area contributed by atoms with Crippen LogP contribution in [0.4, 0.5) is 0 Å². The van der Waals surface area contributed by atoms with Gasteiger partial charge >= 0.3 is 0 Å². The third-order valence-corrected chi connectivity index (χ3v) is 9.49. The first-order chi connectivity index (χ1) is 17.6. The quantitative estimate of drug-likeness (QED) is 0.534. The summed E-state index contributed by atoms with van der Waals surface area (Å²) in [6.45, 7) is 5.53. The van der Waals surface area contributed by atoms with Crippen LogP contribution in [0.25, 0.3) is 0 Å². The lowest BCUT2D eigenvalue weighted by molar-refractivity contribution is -0.148. The normalized spacial score (nSPS) is 29.8. The Kier molecular flexibility index (Phi) is 6.89. The molecule has 3 atom stereocenters. The number of ether oxygens (including phenoxy) is 1. The lowest BCUT2D eigenvalue weighted by Gasteiger charge is -2.35. The number of carbonyl (C=O) groups is 1. The molecule has 2 saturated carbocycles. The molecular weight excluding hydrogens is 448 g/mol. The smallest absolute Gasteiger partial charge is 0.256 e. The third kappa shape index (κ3) is 4.62. The Morgan fingerprint density at radius 3 is 2.56 bits per heavy atom. The van der Waals surface area contributed by atoms with Gasteiger partial charge in [-0.2, -0.15) is 0 Å². The maximum atomic E-state index is 13.6. The second kappa shape index (κ2) is 10.3. The number of hydrogen-bond donors (Lipinski definition) is 2. The Morgan fingerprint density at radius 2 is 1.81 bits per heavy atom. The van der Waals surface area contributed by atoms with Gasteiger partial charge in [-0.15, -0.1) is 0 Å². The molecule has 0 spiro atoms. The van der Waals surface area contributed by atoms with E-state index in [1.807, 2.05) is 30.3 Å². The maximum Gasteiger partial charge on any atom is 0.256 e. The first-order valence-corrected chi connectivity index (χ1v) is 14.1. The zero-order chi connectivity index (χ0) is 24.5. The second-order valence-electron chi connectivity index (χ2n) is 11.5. The number of likely N-dealkylation sites (tertiary alicyclic amines) is 1. The van der Waals surface area contributed by atoms with Crippen LogP contribution in [-0.2, 0) is 15.1 Å². The predicted octanol–water partition coefficient (Wildman–Crippen LogP) is 4.35. The highest BCUT2D eigenvalue weighted by molar-refractivity contribution is 5.86. The number of piperidine rings is 1. The maximum absolute atomic E-state index is 13.6. The van der Waals surface area contributed by atoms with Crippen LogP contribution < -0.4 is 5.32 Å². The summed E-state index contributed by atoms with van der Waals surface area (Å²) in [5, 5.41) is 15.1. The minimum Gasteiger partial charge on any atom is -0.375 e. The van der Waals surface area contributed by atoms with Gasteiger partial charge in [-0.1, -0.05) is 74.2 Å². The van der Waals surface area contributed by atoms with Gasteiger partial charge in [0.05, 0.1) is 13.2 Å². The first kappa shape index (κ1) is 24.1. The van der Waals surface area contributed by atoms with Crippen molar-refractivity contribution < 1.29 is 14.6 Å². The van der Waals surface area contributed by atoms with Crippen LogP contribution in [-0.4, -0.2) is 55.3 Å². The number of hydrogen-bond acceptors (Lipinski definition) is 4. The van der Waals surface area contributed by atoms with E-state index in [1.54, 1.807) is 0 Å². The van der Waals surface area contributed by atoms with Crippen molar-refractivity contribution in [3.63, 3.8) is 0 Å². The van der Waals surface area contributed by atoms with E-state index in [0.717, 1.165) is 70.5 Å². The fraction of sp³-hybridized carbons (Fsp3) is 0.581. The third-order valence-electron chi connectivity index (χ3n) is 9.49. The number of carbonyl (C=O) groups excluding carboxylic acids is 1. The summed E-state index contributed by atoms with van der Waals surface area (Å²) in [5.41, 5.74) is 3.51. The standard InChI is InChI=1S/C31H40N2O3/c34-30(31(35,25-10-6-3-7-11-25)24-8-4-1-2-5-9-24)32-18-27-28-19-33(20-29(27)28)16-14-22-12-13-23-21-36-17-15-26(22)23/h3,6-7,10-13,15,24,27-29,35H,1-2,4-5,8-9,14,16-21H2,(H,32,34). The topological polar surface area (TPSA) is 61.8 Å². The molecule has 1 aromatic carbocycles. The zero-order valence-electron chi connectivity index (χ0n) is 21.3. The molecule has 2 aliphatic heterocycles. The van der Waals surface area contributed by atoms with E-state index < -0.39 is 5.60 Å². The molecule has 3 fully saturated rings. The molecular formula is C31H40N2O3. The van der Waals surface area contributed by atoms with Crippen LogP contribution in [0.1, 0.15) is 50.5 Å². The van der Waals surface area contributed by atoms with Gasteiger partial charge in [0, 0.05) is 32.1 Å². The molecule has 36 heavy (non-hydrogen) atoms. The second-order valence-corrected chi connectivity index (χ2v) is 11.5. The lowest BCUT2D eigenvalue weighted by atomic mass is 9.76. The molecule has 5 heteroatoms. The van der Waals surface area contributed by atoms with E-state index >= 15 is 0 Å². The average molecular weight is 489 g/mol. The lowest BCUT2D eigenvalue weighted by Crippen LogP contribution is -2.50. The number of aliphatic hydroxyl groups is 1. The summed E-state index contributed by atoms with van der Waals surface area (Å²) >= 11 is 0. The molecule has 5 nitrogen and oxygen atoms in total. The monoisotopic (exact) mass is 488 g/mol. The van der Waals surface area contributed by atoms with Gasteiger partial charge < -0.3 is 20.1 Å². The largest absolute Gasteiger partial charge is 0.375 e. The number of nitrogens with zero attached hydrogens (tertiary/aromatic N) is 1. The van der Waals surface area contributed by atoms with Gasteiger partial charge in [0.25, 0.3) is 5.91 Å². The van der Waals surface area contributed by atoms with Gasteiger partial charge in [-0.25, -0.2) is 0 Å². The summed E-state index contributed by atoms with van der Waals surface area (Å²) in [5.74, 6) is 1.71. The van der Waals surface area contributed by atoms with Crippen molar-refractivity contribution in [3.8, 4) is 0 Å². The van der Waals surface area contributed by atoms with E-state index in [1.165, 1.54) is 29.6 Å². The number of nitrogens with one attached hydrogen (secondary N) is 1. The van der Waals surface area contributed by atoms with Crippen molar-refractivity contribution in [2.24, 2.45) is 23.7 Å². The molecule has 6 rings (SSSR count). The molecule has 1 amide bonds. The molecule has 1 saturated heterocycles. The number of benzene rings is 1. The highest BCUT2D eigenvalue weighted by atomic mass is 16.5. The Balaban J connectivity index is 1.01. The van der Waals surface area contributed by atoms with E-state index in [-0.39, 0.29) is 11.8 Å². The van der Waals surface area contributed by atoms with E-state index in [4.69, 9.17) is 4.74 Å². The summed E-state index contributed by atoms with van der Waals surface area (Å²) < 4.78 is 5.53. The summed E-state index contributed by atoms with van der Waals surface area (Å²) in [6.07, 6.45) is 14.2. The number of rotatable bonds is 8. The highest BCUT2D eigenvalue weighted by Gasteiger charge is 2.55. The van der Waals surface area contributed by atoms with Crippen molar-refractivity contribution in [1.29, 1.82) is 0 Å². The minimum atomic E-state index is -1.43. The Labute approximate surface area is 215 Å². The van der Waals surface area contributed by atoms with Gasteiger partial charge in [0.1, 0.15) is 0 Å². The molecule has 192 valence electrons. The number of allylic oxidation sites excluding steroid dienone is 2. The van der Waals surface area contributed by atoms with Gasteiger partial charge in [0.2, 0.25) is 0 Å². The van der Waals surface area contributed by atoms with E-state index in [9.17, 15) is 9.90 Å². The molecule has 5 aliphatic rings. The Bertz CT molecular complexity index is 1040. The van der Waals surface area contributed by atoms with E-state index in [2.05, 4.69) is 28.4 Å². The van der Waals surface area contributed by atoms with Crippen molar-refractivity contribution in [2.45, 2.75) is 50.5 Å². The first-order valence-electron chi connectivity index (χ1n) is 14.1. The van der Waals surface area contributed by atoms with Gasteiger partial charge in [-0.05, 0) is 59.3 Å². The fourth-order valence-corrected chi connectivity index (χ4v) is 7.29. The molecule has 0 bridgehead atoms. The molecule has 3 unspecified atom stereocenters. The molecule has 0 aromatic heterocycles. The van der Waals surface area contributed by atoms with Crippen molar-refractivity contribution in [3.05, 3.63) is 70.8 Å². The van der Waals surface area contributed by atoms with Crippen molar-refractivity contribution in [2.75, 3.05) is 39.4 Å². The summed E-state index contributed by atoms with van der Waals surface area (Å²) in [4.78, 5) is 16.2. The average Bonchev–Trinajstić information content (AvgIpc) is 3.26. The molecule has 2 N–H and O–H groups in total. The van der Waals surface area contributed by atoms with E-state index in [0.29, 0.717) is 24.3 Å². The molecule has 1 aromatic rings. The SMILES string of the molecule is O=C(NCC1C2CN(CCC3=CC=C4COCC=C34)CC12)C(O)(c1ccccc1)C1CCCCCC1. The van der Waals surface area contributed by atoms with Crippen molar-refractivity contribution in [1.82, 2.24) is 10.2 Å². The minimum absolute atomic E-state index is 0.0117. The van der Waals surface area contributed by atoms with Crippen LogP contribution in [0.2, 0.25) is 0 Å². The zero-order valence-corrected chi connectivity index (χ0v) is 21.3. The number of fused-ring (bicyclic) bond motifs is 2. The fourth-order valence-electron chi connectivity index (χ4n) is 7.29. The molecule has 2 heterocycles. The highest BCUT2D eigenvalue weighted by Crippen LogP contribution is 2.51. The van der Waals surface area contributed by atoms with Crippen LogP contribution in [0.3, 0.4) is 0 Å². The van der Waals surface area contributed by atoms with Crippen LogP contribution in [0, 0.1) is 23.7 Å². The number of amides is 1. The molecule has 0 radical (unpaired) electrons. The molecule has 3 aliphatic carbocycles. The Hall–Kier alpha value is -2.21. The van der Waals surface area contributed by atoms with Crippen LogP contribution in [0.5, 0.6) is 0 Å². The van der Waals surface area contributed by atoms with Crippen LogP contribution in [0.15, 0.2) is 65.3 Å². The van der Waals surface area contributed by atoms with Gasteiger partial charge in [-0.3, -0.25) is 4.79 Å². The van der Waals surface area contributed by atoms with Gasteiger partial charge in [0.15, 0.2) is 5.60 Å². The van der Waals surface area contributed by atoms with Crippen LogP contribution >= 0.6 is 0 Å². The summed E-state index contributed by atoms with van der Waals surface area (Å²) in [6, 6.07) is 9.65. The Morgan fingerprint density at radius 1 is 1.06 bits per heavy atom. The van der Waals surface area contributed by atoms with Crippen molar-refractivity contribution >= 4 is 5.91 Å². The predicted molar refractivity (Wildman–Crippen MR) is 141 cm³/mol. The summed E-state index contributed by atoms with van der Waals surface area (Å²) in [7, 11) is 0.